The molecule has 1 aromatic rings. The molecule has 2 N–H and O–H groups in total. The van der Waals surface area contributed by atoms with E-state index in [4.69, 9.17) is 5.73 Å². The number of alkyl halides is 3. The lowest BCUT2D eigenvalue weighted by Gasteiger charge is -2.12. The summed E-state index contributed by atoms with van der Waals surface area (Å²) in [6.07, 6.45) is 0. The van der Waals surface area contributed by atoms with E-state index >= 15 is 0 Å². The summed E-state index contributed by atoms with van der Waals surface area (Å²) in [6, 6.07) is 6.96. The zero-order valence-electron chi connectivity index (χ0n) is 6.43. The Bertz CT molecular complexity index is 315. The maximum Gasteiger partial charge on any atom is 0.248 e. The Morgan fingerprint density at radius 3 is 1.92 bits per heavy atom. The maximum atomic E-state index is 10.7. The molecular formula is C8H6Br3NO. The number of hydrogen-bond acceptors (Lipinski definition) is 1. The van der Waals surface area contributed by atoms with Crippen LogP contribution < -0.4 is 5.73 Å². The van der Waals surface area contributed by atoms with Crippen LogP contribution in [0, 0.1) is 0 Å². The summed E-state index contributed by atoms with van der Waals surface area (Å²) in [4.78, 5) is 10.7. The van der Waals surface area contributed by atoms with Crippen LogP contribution >= 0.6 is 47.8 Å². The summed E-state index contributed by atoms with van der Waals surface area (Å²) in [5.41, 5.74) is 6.56. The summed E-state index contributed by atoms with van der Waals surface area (Å²) in [5.74, 6) is -0.420. The summed E-state index contributed by atoms with van der Waals surface area (Å²) < 4.78 is -0.441. The van der Waals surface area contributed by atoms with Crippen molar-refractivity contribution < 1.29 is 4.79 Å². The van der Waals surface area contributed by atoms with Crippen molar-refractivity contribution in [1.29, 1.82) is 0 Å². The molecule has 0 fully saturated rings. The first-order valence-corrected chi connectivity index (χ1v) is 5.76. The van der Waals surface area contributed by atoms with Gasteiger partial charge in [-0.05, 0) is 17.7 Å². The van der Waals surface area contributed by atoms with Gasteiger partial charge in [-0.1, -0.05) is 59.9 Å². The van der Waals surface area contributed by atoms with Gasteiger partial charge in [0, 0.05) is 5.56 Å². The molecule has 0 aliphatic heterocycles. The first kappa shape index (κ1) is 11.2. The van der Waals surface area contributed by atoms with Crippen LogP contribution in [-0.2, 0) is 2.14 Å². The van der Waals surface area contributed by atoms with Crippen molar-refractivity contribution in [3.8, 4) is 0 Å². The SMILES string of the molecule is NC(=O)c1ccc(C(Br)(Br)Br)cc1. The minimum Gasteiger partial charge on any atom is -0.366 e. The molecule has 1 rings (SSSR count). The monoisotopic (exact) mass is 369 g/mol. The van der Waals surface area contributed by atoms with Crippen LogP contribution in [0.5, 0.6) is 0 Å². The average Bonchev–Trinajstić information content (AvgIpc) is 2.03. The highest BCUT2D eigenvalue weighted by Gasteiger charge is 2.20. The van der Waals surface area contributed by atoms with E-state index < -0.39 is 8.05 Å². The molecule has 0 aliphatic carbocycles. The van der Waals surface area contributed by atoms with Crippen LogP contribution in [0.4, 0.5) is 0 Å². The molecule has 0 atom stereocenters. The van der Waals surface area contributed by atoms with Crippen molar-refractivity contribution in [3.63, 3.8) is 0 Å². The largest absolute Gasteiger partial charge is 0.366 e. The Balaban J connectivity index is 3.01. The minimum absolute atomic E-state index is 0.420. The van der Waals surface area contributed by atoms with Gasteiger partial charge in [-0.25, -0.2) is 0 Å². The highest BCUT2D eigenvalue weighted by molar-refractivity contribution is 9.38. The van der Waals surface area contributed by atoms with Crippen LogP contribution in [-0.4, -0.2) is 5.91 Å². The molecule has 0 unspecified atom stereocenters. The fourth-order valence-electron chi connectivity index (χ4n) is 0.823. The minimum atomic E-state index is -0.441. The molecular weight excluding hydrogens is 366 g/mol. The van der Waals surface area contributed by atoms with Gasteiger partial charge in [-0.2, -0.15) is 0 Å². The van der Waals surface area contributed by atoms with E-state index in [-0.39, 0.29) is 0 Å². The van der Waals surface area contributed by atoms with E-state index in [1.807, 2.05) is 0 Å². The third-order valence-corrected chi connectivity index (χ3v) is 2.87. The molecule has 2 nitrogen and oxygen atoms in total. The lowest BCUT2D eigenvalue weighted by Crippen LogP contribution is -2.11. The third kappa shape index (κ3) is 3.07. The van der Waals surface area contributed by atoms with Crippen molar-refractivity contribution >= 4 is 53.7 Å². The van der Waals surface area contributed by atoms with Gasteiger partial charge >= 0.3 is 0 Å². The lowest BCUT2D eigenvalue weighted by atomic mass is 10.1. The van der Waals surface area contributed by atoms with Crippen molar-refractivity contribution in [2.75, 3.05) is 0 Å². The van der Waals surface area contributed by atoms with E-state index in [0.717, 1.165) is 5.56 Å². The first-order valence-electron chi connectivity index (χ1n) is 3.38. The number of halogens is 3. The van der Waals surface area contributed by atoms with Gasteiger partial charge in [0.2, 0.25) is 5.91 Å². The Hall–Kier alpha value is 0.130. The van der Waals surface area contributed by atoms with Crippen LogP contribution in [0.25, 0.3) is 0 Å². The lowest BCUT2D eigenvalue weighted by molar-refractivity contribution is 0.100. The van der Waals surface area contributed by atoms with Crippen molar-refractivity contribution in [2.45, 2.75) is 2.14 Å². The quantitative estimate of drug-likeness (QED) is 0.757. The molecule has 1 aromatic carbocycles. The molecule has 13 heavy (non-hydrogen) atoms. The van der Waals surface area contributed by atoms with E-state index in [2.05, 4.69) is 47.8 Å². The summed E-state index contributed by atoms with van der Waals surface area (Å²) in [7, 11) is 0. The molecule has 0 aromatic heterocycles. The number of benzene rings is 1. The van der Waals surface area contributed by atoms with Gasteiger partial charge in [0.1, 0.15) is 0 Å². The van der Waals surface area contributed by atoms with Gasteiger partial charge in [0.25, 0.3) is 0 Å². The van der Waals surface area contributed by atoms with Gasteiger partial charge in [0.15, 0.2) is 2.14 Å². The molecule has 0 aliphatic rings. The van der Waals surface area contributed by atoms with Crippen LogP contribution in [0.2, 0.25) is 0 Å². The molecule has 5 heteroatoms. The number of primary amides is 1. The predicted octanol–water partition coefficient (Wildman–Crippen LogP) is 3.08. The number of nitrogens with two attached hydrogens (primary N) is 1. The summed E-state index contributed by atoms with van der Waals surface area (Å²) in [5, 5.41) is 0. The second-order valence-electron chi connectivity index (χ2n) is 2.44. The summed E-state index contributed by atoms with van der Waals surface area (Å²) in [6.45, 7) is 0. The number of amides is 1. The van der Waals surface area contributed by atoms with E-state index in [1.165, 1.54) is 0 Å². The third-order valence-electron chi connectivity index (χ3n) is 1.50. The normalized spacial score (nSPS) is 11.3. The molecule has 0 radical (unpaired) electrons. The Morgan fingerprint density at radius 1 is 1.15 bits per heavy atom. The molecule has 70 valence electrons. The first-order chi connectivity index (χ1) is 5.91. The van der Waals surface area contributed by atoms with Gasteiger partial charge in [-0.15, -0.1) is 0 Å². The Morgan fingerprint density at radius 2 is 1.62 bits per heavy atom. The number of carbonyl (C=O) groups excluding carboxylic acids is 1. The van der Waals surface area contributed by atoms with Crippen LogP contribution in [0.15, 0.2) is 24.3 Å². The number of rotatable bonds is 1. The van der Waals surface area contributed by atoms with E-state index in [9.17, 15) is 4.79 Å². The maximum absolute atomic E-state index is 10.7. The molecule has 0 saturated heterocycles. The standard InChI is InChI=1S/C8H6Br3NO/c9-8(10,11)6-3-1-5(2-4-6)7(12)13/h1-4H,(H2,12,13). The molecule has 0 bridgehead atoms. The van der Waals surface area contributed by atoms with Gasteiger partial charge < -0.3 is 5.73 Å². The fourth-order valence-corrected chi connectivity index (χ4v) is 1.62. The average molecular weight is 372 g/mol. The second-order valence-corrected chi connectivity index (χ2v) is 9.20. The smallest absolute Gasteiger partial charge is 0.248 e. The van der Waals surface area contributed by atoms with Crippen molar-refractivity contribution in [3.05, 3.63) is 35.4 Å². The number of hydrogen-bond donors (Lipinski definition) is 1. The van der Waals surface area contributed by atoms with E-state index in [1.54, 1.807) is 24.3 Å². The van der Waals surface area contributed by atoms with Crippen molar-refractivity contribution in [2.24, 2.45) is 5.73 Å². The highest BCUT2D eigenvalue weighted by atomic mass is 80.0. The fraction of sp³-hybridized carbons (Fsp3) is 0.125. The second kappa shape index (κ2) is 4.11. The van der Waals surface area contributed by atoms with Crippen LogP contribution in [0.1, 0.15) is 15.9 Å². The molecule has 0 saturated carbocycles. The molecule has 0 heterocycles. The number of carbonyl (C=O) groups is 1. The summed E-state index contributed by atoms with van der Waals surface area (Å²) >= 11 is 10.1. The van der Waals surface area contributed by atoms with Crippen LogP contribution in [0.3, 0.4) is 0 Å². The highest BCUT2D eigenvalue weighted by Crippen LogP contribution is 2.44. The zero-order chi connectivity index (χ0) is 10.1. The molecule has 0 spiro atoms. The van der Waals surface area contributed by atoms with Gasteiger partial charge in [0.05, 0.1) is 0 Å². The Labute approximate surface area is 101 Å². The molecule has 1 amide bonds. The Kier molecular flexibility index (Phi) is 3.54. The predicted molar refractivity (Wildman–Crippen MR) is 63.4 cm³/mol. The zero-order valence-corrected chi connectivity index (χ0v) is 11.2. The topological polar surface area (TPSA) is 43.1 Å². The van der Waals surface area contributed by atoms with Crippen molar-refractivity contribution in [1.82, 2.24) is 0 Å². The van der Waals surface area contributed by atoms with E-state index in [0.29, 0.717) is 5.56 Å². The van der Waals surface area contributed by atoms with Gasteiger partial charge in [-0.3, -0.25) is 4.79 Å².